The van der Waals surface area contributed by atoms with E-state index in [0.29, 0.717) is 17.4 Å². The zero-order chi connectivity index (χ0) is 13.7. The molecule has 0 aromatic carbocycles. The Morgan fingerprint density at radius 2 is 2.05 bits per heavy atom. The Balaban J connectivity index is 2.34. The topological polar surface area (TPSA) is 59.9 Å². The molecule has 0 spiro atoms. The monoisotopic (exact) mass is 258 g/mol. The van der Waals surface area contributed by atoms with Crippen molar-refractivity contribution in [3.63, 3.8) is 0 Å². The van der Waals surface area contributed by atoms with Gasteiger partial charge in [0.2, 0.25) is 5.88 Å². The van der Waals surface area contributed by atoms with E-state index in [0.717, 1.165) is 24.5 Å². The van der Waals surface area contributed by atoms with Crippen LogP contribution in [0.15, 0.2) is 24.3 Å². The number of rotatable bonds is 5. The number of hydrogen-bond acceptors (Lipinski definition) is 5. The third-order valence-electron chi connectivity index (χ3n) is 2.57. The maximum Gasteiger partial charge on any atom is 0.213 e. The van der Waals surface area contributed by atoms with Gasteiger partial charge in [-0.2, -0.15) is 0 Å². The predicted octanol–water partition coefficient (Wildman–Crippen LogP) is 2.68. The summed E-state index contributed by atoms with van der Waals surface area (Å²) in [4.78, 5) is 13.2. The summed E-state index contributed by atoms with van der Waals surface area (Å²) in [5.74, 6) is 2.00. The summed E-state index contributed by atoms with van der Waals surface area (Å²) in [5.41, 5.74) is 1.62. The van der Waals surface area contributed by atoms with Crippen LogP contribution in [0.25, 0.3) is 11.5 Å². The van der Waals surface area contributed by atoms with Crippen molar-refractivity contribution in [2.24, 2.45) is 0 Å². The van der Waals surface area contributed by atoms with Gasteiger partial charge < -0.3 is 10.1 Å². The molecule has 2 rings (SSSR count). The highest BCUT2D eigenvalue weighted by molar-refractivity contribution is 5.53. The largest absolute Gasteiger partial charge is 0.481 e. The van der Waals surface area contributed by atoms with E-state index in [4.69, 9.17) is 4.74 Å². The van der Waals surface area contributed by atoms with Crippen LogP contribution in [0.5, 0.6) is 5.88 Å². The molecule has 5 nitrogen and oxygen atoms in total. The van der Waals surface area contributed by atoms with Crippen molar-refractivity contribution in [2.45, 2.75) is 20.3 Å². The van der Waals surface area contributed by atoms with Crippen LogP contribution in [0.4, 0.5) is 5.82 Å². The van der Waals surface area contributed by atoms with Crippen LogP contribution < -0.4 is 10.1 Å². The molecule has 2 heterocycles. The average molecular weight is 258 g/mol. The maximum atomic E-state index is 5.12. The van der Waals surface area contributed by atoms with E-state index < -0.39 is 0 Å². The minimum atomic E-state index is 0.561. The van der Waals surface area contributed by atoms with E-state index in [-0.39, 0.29) is 0 Å². The van der Waals surface area contributed by atoms with Gasteiger partial charge >= 0.3 is 0 Å². The van der Waals surface area contributed by atoms with E-state index in [9.17, 15) is 0 Å². The molecule has 0 amide bonds. The third-order valence-corrected chi connectivity index (χ3v) is 2.57. The van der Waals surface area contributed by atoms with Crippen LogP contribution in [0, 0.1) is 6.92 Å². The SMILES string of the molecule is CCCNc1cc(C)nc(-c2cccc(OC)n2)n1. The van der Waals surface area contributed by atoms with Crippen LogP contribution >= 0.6 is 0 Å². The molecular formula is C14H18N4O. The maximum absolute atomic E-state index is 5.12. The van der Waals surface area contributed by atoms with Gasteiger partial charge in [-0.1, -0.05) is 13.0 Å². The number of methoxy groups -OCH3 is 1. The van der Waals surface area contributed by atoms with Gasteiger partial charge in [0, 0.05) is 24.4 Å². The van der Waals surface area contributed by atoms with E-state index >= 15 is 0 Å². The van der Waals surface area contributed by atoms with Crippen LogP contribution in [-0.2, 0) is 0 Å². The first kappa shape index (κ1) is 13.3. The van der Waals surface area contributed by atoms with Gasteiger partial charge in [0.25, 0.3) is 0 Å². The first-order chi connectivity index (χ1) is 9.22. The fourth-order valence-corrected chi connectivity index (χ4v) is 1.68. The fourth-order valence-electron chi connectivity index (χ4n) is 1.68. The Labute approximate surface area is 113 Å². The number of nitrogens with zero attached hydrogens (tertiary/aromatic N) is 3. The predicted molar refractivity (Wildman–Crippen MR) is 75.3 cm³/mol. The molecule has 100 valence electrons. The normalized spacial score (nSPS) is 10.3. The average Bonchev–Trinajstić information content (AvgIpc) is 2.44. The summed E-state index contributed by atoms with van der Waals surface area (Å²) in [6, 6.07) is 7.49. The second kappa shape index (κ2) is 6.13. The molecule has 0 aliphatic heterocycles. The highest BCUT2D eigenvalue weighted by Crippen LogP contribution is 2.18. The summed E-state index contributed by atoms with van der Waals surface area (Å²) in [7, 11) is 1.59. The molecule has 0 aliphatic rings. The first-order valence-electron chi connectivity index (χ1n) is 6.34. The van der Waals surface area contributed by atoms with Gasteiger partial charge in [0.15, 0.2) is 5.82 Å². The van der Waals surface area contributed by atoms with Crippen LogP contribution in [0.3, 0.4) is 0 Å². The number of pyridine rings is 1. The lowest BCUT2D eigenvalue weighted by atomic mass is 10.3. The molecule has 0 atom stereocenters. The highest BCUT2D eigenvalue weighted by Gasteiger charge is 2.07. The zero-order valence-electron chi connectivity index (χ0n) is 11.5. The Bertz CT molecular complexity index is 557. The number of aromatic nitrogens is 3. The second-order valence-corrected chi connectivity index (χ2v) is 4.21. The highest BCUT2D eigenvalue weighted by atomic mass is 16.5. The van der Waals surface area contributed by atoms with E-state index in [1.165, 1.54) is 0 Å². The van der Waals surface area contributed by atoms with Crippen molar-refractivity contribution >= 4 is 5.82 Å². The Hall–Kier alpha value is -2.17. The van der Waals surface area contributed by atoms with Crippen LogP contribution in [-0.4, -0.2) is 28.6 Å². The number of anilines is 1. The minimum Gasteiger partial charge on any atom is -0.481 e. The van der Waals surface area contributed by atoms with E-state index in [1.54, 1.807) is 13.2 Å². The Morgan fingerprint density at radius 1 is 1.21 bits per heavy atom. The lowest BCUT2D eigenvalue weighted by Gasteiger charge is -2.08. The standard InChI is InChI=1S/C14H18N4O/c1-4-8-15-12-9-10(2)16-14(18-12)11-6-5-7-13(17-11)19-3/h5-7,9H,4,8H2,1-3H3,(H,15,16,18). The van der Waals surface area contributed by atoms with E-state index in [1.807, 2.05) is 25.1 Å². The van der Waals surface area contributed by atoms with Crippen molar-refractivity contribution in [3.05, 3.63) is 30.0 Å². The zero-order valence-corrected chi connectivity index (χ0v) is 11.5. The molecule has 0 radical (unpaired) electrons. The van der Waals surface area contributed by atoms with Gasteiger partial charge in [-0.25, -0.2) is 15.0 Å². The summed E-state index contributed by atoms with van der Waals surface area (Å²) in [5, 5.41) is 3.26. The lowest BCUT2D eigenvalue weighted by Crippen LogP contribution is -2.05. The number of aryl methyl sites for hydroxylation is 1. The second-order valence-electron chi connectivity index (χ2n) is 4.21. The van der Waals surface area contributed by atoms with Crippen molar-refractivity contribution in [1.29, 1.82) is 0 Å². The van der Waals surface area contributed by atoms with Gasteiger partial charge in [0.1, 0.15) is 11.5 Å². The van der Waals surface area contributed by atoms with Crippen molar-refractivity contribution in [2.75, 3.05) is 19.0 Å². The Morgan fingerprint density at radius 3 is 2.79 bits per heavy atom. The molecule has 2 aromatic rings. The van der Waals surface area contributed by atoms with Crippen LogP contribution in [0.2, 0.25) is 0 Å². The van der Waals surface area contributed by atoms with E-state index in [2.05, 4.69) is 27.2 Å². The van der Waals surface area contributed by atoms with Gasteiger partial charge in [0.05, 0.1) is 7.11 Å². The molecule has 5 heteroatoms. The lowest BCUT2D eigenvalue weighted by molar-refractivity contribution is 0.398. The van der Waals surface area contributed by atoms with Crippen LogP contribution in [0.1, 0.15) is 19.0 Å². The summed E-state index contributed by atoms with van der Waals surface area (Å²) >= 11 is 0. The summed E-state index contributed by atoms with van der Waals surface area (Å²) < 4.78 is 5.12. The fraction of sp³-hybridized carbons (Fsp3) is 0.357. The molecule has 2 aromatic heterocycles. The molecule has 0 unspecified atom stereocenters. The van der Waals surface area contributed by atoms with Crippen molar-refractivity contribution in [1.82, 2.24) is 15.0 Å². The number of nitrogens with one attached hydrogen (secondary N) is 1. The molecule has 0 saturated carbocycles. The molecule has 0 fully saturated rings. The van der Waals surface area contributed by atoms with Crippen molar-refractivity contribution < 1.29 is 4.74 Å². The molecule has 1 N–H and O–H groups in total. The summed E-state index contributed by atoms with van der Waals surface area (Å²) in [6.45, 7) is 4.95. The van der Waals surface area contributed by atoms with Gasteiger partial charge in [-0.3, -0.25) is 0 Å². The molecule has 0 aliphatic carbocycles. The smallest absolute Gasteiger partial charge is 0.213 e. The first-order valence-corrected chi connectivity index (χ1v) is 6.34. The summed E-state index contributed by atoms with van der Waals surface area (Å²) in [6.07, 6.45) is 1.05. The van der Waals surface area contributed by atoms with Gasteiger partial charge in [-0.05, 0) is 19.4 Å². The Kier molecular flexibility index (Phi) is 4.28. The van der Waals surface area contributed by atoms with Crippen molar-refractivity contribution in [3.8, 4) is 17.4 Å². The minimum absolute atomic E-state index is 0.561. The quantitative estimate of drug-likeness (QED) is 0.893. The number of ether oxygens (including phenoxy) is 1. The third kappa shape index (κ3) is 3.40. The van der Waals surface area contributed by atoms with Gasteiger partial charge in [-0.15, -0.1) is 0 Å². The molecular weight excluding hydrogens is 240 g/mol. The molecule has 19 heavy (non-hydrogen) atoms. The number of hydrogen-bond donors (Lipinski definition) is 1. The molecule has 0 bridgehead atoms. The molecule has 0 saturated heterocycles.